The van der Waals surface area contributed by atoms with Gasteiger partial charge in [-0.2, -0.15) is 5.10 Å². The summed E-state index contributed by atoms with van der Waals surface area (Å²) in [5.41, 5.74) is 1.68. The summed E-state index contributed by atoms with van der Waals surface area (Å²) in [6.07, 6.45) is 3.62. The van der Waals surface area contributed by atoms with E-state index in [0.717, 1.165) is 11.4 Å². The number of nitrogens with one attached hydrogen (secondary N) is 2. The van der Waals surface area contributed by atoms with E-state index in [2.05, 4.69) is 20.7 Å². The van der Waals surface area contributed by atoms with Crippen molar-refractivity contribution >= 4 is 6.03 Å². The lowest BCUT2D eigenvalue weighted by Gasteiger charge is -2.05. The Bertz CT molecular complexity index is 523. The zero-order valence-corrected chi connectivity index (χ0v) is 10.8. The highest BCUT2D eigenvalue weighted by atomic mass is 16.2. The van der Waals surface area contributed by atoms with E-state index in [1.165, 1.54) is 0 Å². The van der Waals surface area contributed by atoms with Crippen LogP contribution in [-0.2, 0) is 6.54 Å². The minimum atomic E-state index is -0.153. The van der Waals surface area contributed by atoms with Gasteiger partial charge in [0.15, 0.2) is 0 Å². The van der Waals surface area contributed by atoms with Crippen LogP contribution in [0.5, 0.6) is 0 Å². The quantitative estimate of drug-likeness (QED) is 0.849. The van der Waals surface area contributed by atoms with Gasteiger partial charge in [-0.25, -0.2) is 4.79 Å². The van der Waals surface area contributed by atoms with Crippen LogP contribution in [0.3, 0.4) is 0 Å². The van der Waals surface area contributed by atoms with Crippen molar-refractivity contribution in [3.05, 3.63) is 36.7 Å². The Morgan fingerprint density at radius 2 is 2.16 bits per heavy atom. The van der Waals surface area contributed by atoms with E-state index in [9.17, 15) is 4.79 Å². The van der Waals surface area contributed by atoms with Crippen molar-refractivity contribution in [2.45, 2.75) is 13.5 Å². The first kappa shape index (κ1) is 13.1. The van der Waals surface area contributed by atoms with Crippen molar-refractivity contribution in [3.63, 3.8) is 0 Å². The normalized spacial score (nSPS) is 10.2. The highest BCUT2D eigenvalue weighted by molar-refractivity contribution is 5.73. The van der Waals surface area contributed by atoms with Crippen LogP contribution in [0.25, 0.3) is 11.4 Å². The fourth-order valence-corrected chi connectivity index (χ4v) is 1.64. The molecule has 0 aliphatic carbocycles. The lowest BCUT2D eigenvalue weighted by atomic mass is 10.3. The molecule has 0 fully saturated rings. The van der Waals surface area contributed by atoms with Crippen LogP contribution >= 0.6 is 0 Å². The van der Waals surface area contributed by atoms with Gasteiger partial charge in [-0.05, 0) is 25.1 Å². The van der Waals surface area contributed by atoms with Crippen molar-refractivity contribution in [1.82, 2.24) is 25.4 Å². The van der Waals surface area contributed by atoms with E-state index in [4.69, 9.17) is 0 Å². The van der Waals surface area contributed by atoms with Crippen molar-refractivity contribution in [2.24, 2.45) is 0 Å². The summed E-state index contributed by atoms with van der Waals surface area (Å²) in [4.78, 5) is 15.4. The Balaban J connectivity index is 1.86. The Morgan fingerprint density at radius 1 is 1.26 bits per heavy atom. The number of rotatable bonds is 5. The van der Waals surface area contributed by atoms with Crippen molar-refractivity contribution in [3.8, 4) is 11.4 Å². The number of hydrogen-bond acceptors (Lipinski definition) is 3. The van der Waals surface area contributed by atoms with Crippen LogP contribution in [0.1, 0.15) is 6.92 Å². The Kier molecular flexibility index (Phi) is 4.49. The highest BCUT2D eigenvalue weighted by Gasteiger charge is 2.03. The first-order valence-corrected chi connectivity index (χ1v) is 6.26. The third-order valence-corrected chi connectivity index (χ3v) is 2.53. The number of aromatic nitrogens is 3. The molecule has 0 aromatic carbocycles. The molecule has 6 heteroatoms. The zero-order chi connectivity index (χ0) is 13.5. The predicted molar refractivity (Wildman–Crippen MR) is 72.5 cm³/mol. The topological polar surface area (TPSA) is 71.8 Å². The molecule has 100 valence electrons. The molecule has 0 spiro atoms. The highest BCUT2D eigenvalue weighted by Crippen LogP contribution is 2.12. The second-order valence-electron chi connectivity index (χ2n) is 3.97. The molecule has 0 aliphatic heterocycles. The van der Waals surface area contributed by atoms with Gasteiger partial charge in [0, 0.05) is 25.5 Å². The number of hydrogen-bond donors (Lipinski definition) is 2. The third-order valence-electron chi connectivity index (χ3n) is 2.53. The molecule has 6 nitrogen and oxygen atoms in total. The summed E-state index contributed by atoms with van der Waals surface area (Å²) in [5, 5.41) is 9.83. The van der Waals surface area contributed by atoms with E-state index < -0.39 is 0 Å². The van der Waals surface area contributed by atoms with Gasteiger partial charge in [-0.15, -0.1) is 0 Å². The summed E-state index contributed by atoms with van der Waals surface area (Å²) in [6.45, 7) is 3.67. The van der Waals surface area contributed by atoms with Gasteiger partial charge >= 0.3 is 6.03 Å². The molecule has 0 saturated heterocycles. The van der Waals surface area contributed by atoms with Crippen LogP contribution in [0, 0.1) is 0 Å². The van der Waals surface area contributed by atoms with Crippen LogP contribution in [-0.4, -0.2) is 33.9 Å². The first-order chi connectivity index (χ1) is 9.29. The Labute approximate surface area is 111 Å². The van der Waals surface area contributed by atoms with Gasteiger partial charge in [-0.1, -0.05) is 6.07 Å². The minimum Gasteiger partial charge on any atom is -0.338 e. The number of carbonyl (C=O) groups excluding carboxylic acids is 1. The van der Waals surface area contributed by atoms with E-state index in [0.29, 0.717) is 19.6 Å². The number of nitrogens with zero attached hydrogens (tertiary/aromatic N) is 3. The lowest BCUT2D eigenvalue weighted by molar-refractivity contribution is 0.241. The van der Waals surface area contributed by atoms with Crippen LogP contribution < -0.4 is 10.6 Å². The van der Waals surface area contributed by atoms with Gasteiger partial charge in [0.25, 0.3) is 0 Å². The lowest BCUT2D eigenvalue weighted by Crippen LogP contribution is -2.37. The molecule has 0 radical (unpaired) electrons. The summed E-state index contributed by atoms with van der Waals surface area (Å²) >= 11 is 0. The largest absolute Gasteiger partial charge is 0.338 e. The second-order valence-corrected chi connectivity index (χ2v) is 3.97. The van der Waals surface area contributed by atoms with Crippen LogP contribution in [0.2, 0.25) is 0 Å². The standard InChI is InChI=1S/C13H17N5O/c1-2-14-13(19)16-8-10-18-9-6-12(17-18)11-5-3-4-7-15-11/h3-7,9H,2,8,10H2,1H3,(H2,14,16,19). The molecule has 0 bridgehead atoms. The third kappa shape index (κ3) is 3.80. The van der Waals surface area contributed by atoms with E-state index in [-0.39, 0.29) is 6.03 Å². The fourth-order valence-electron chi connectivity index (χ4n) is 1.64. The fraction of sp³-hybridized carbons (Fsp3) is 0.308. The monoisotopic (exact) mass is 259 g/mol. The maximum absolute atomic E-state index is 11.2. The number of amides is 2. The van der Waals surface area contributed by atoms with Crippen LogP contribution in [0.15, 0.2) is 36.7 Å². The summed E-state index contributed by atoms with van der Waals surface area (Å²) in [6, 6.07) is 7.47. The van der Waals surface area contributed by atoms with Crippen molar-refractivity contribution in [2.75, 3.05) is 13.1 Å². The number of carbonyl (C=O) groups is 1. The first-order valence-electron chi connectivity index (χ1n) is 6.26. The molecule has 2 N–H and O–H groups in total. The van der Waals surface area contributed by atoms with Gasteiger partial charge in [0.05, 0.1) is 12.2 Å². The van der Waals surface area contributed by atoms with E-state index in [1.54, 1.807) is 10.9 Å². The van der Waals surface area contributed by atoms with Gasteiger partial charge < -0.3 is 10.6 Å². The van der Waals surface area contributed by atoms with Gasteiger partial charge in [0.1, 0.15) is 5.69 Å². The number of urea groups is 1. The molecule has 0 unspecified atom stereocenters. The van der Waals surface area contributed by atoms with Gasteiger partial charge in [0.2, 0.25) is 0 Å². The predicted octanol–water partition coefficient (Wildman–Crippen LogP) is 1.26. The maximum atomic E-state index is 11.2. The molecule has 2 amide bonds. The Morgan fingerprint density at radius 3 is 2.89 bits per heavy atom. The molecule has 2 heterocycles. The van der Waals surface area contributed by atoms with Crippen molar-refractivity contribution < 1.29 is 4.79 Å². The summed E-state index contributed by atoms with van der Waals surface area (Å²) in [7, 11) is 0. The van der Waals surface area contributed by atoms with Crippen molar-refractivity contribution in [1.29, 1.82) is 0 Å². The summed E-state index contributed by atoms with van der Waals surface area (Å²) < 4.78 is 1.79. The zero-order valence-electron chi connectivity index (χ0n) is 10.8. The molecule has 2 aromatic heterocycles. The molecular formula is C13H17N5O. The minimum absolute atomic E-state index is 0.153. The molecule has 0 atom stereocenters. The second kappa shape index (κ2) is 6.53. The van der Waals surface area contributed by atoms with Gasteiger partial charge in [-0.3, -0.25) is 9.67 Å². The summed E-state index contributed by atoms with van der Waals surface area (Å²) in [5.74, 6) is 0. The Hall–Kier alpha value is -2.37. The molecule has 0 saturated carbocycles. The molecular weight excluding hydrogens is 242 g/mol. The smallest absolute Gasteiger partial charge is 0.314 e. The molecule has 2 aromatic rings. The van der Waals surface area contributed by atoms with Crippen LogP contribution in [0.4, 0.5) is 4.79 Å². The number of pyridine rings is 1. The van der Waals surface area contributed by atoms with E-state index in [1.807, 2.05) is 37.4 Å². The molecule has 2 rings (SSSR count). The SMILES string of the molecule is CCNC(=O)NCCn1ccc(-c2ccccn2)n1. The van der Waals surface area contributed by atoms with E-state index >= 15 is 0 Å². The maximum Gasteiger partial charge on any atom is 0.314 e. The molecule has 19 heavy (non-hydrogen) atoms. The average molecular weight is 259 g/mol. The molecule has 0 aliphatic rings. The average Bonchev–Trinajstić information content (AvgIpc) is 2.89.